The first kappa shape index (κ1) is 11.6. The molecule has 0 aromatic heterocycles. The van der Waals surface area contributed by atoms with Gasteiger partial charge in [0.1, 0.15) is 0 Å². The topological polar surface area (TPSA) is 20.3 Å². The molecule has 0 aliphatic rings. The van der Waals surface area contributed by atoms with Gasteiger partial charge in [0.2, 0.25) is 5.91 Å². The number of amides is 1. The lowest BCUT2D eigenvalue weighted by Gasteiger charge is -2.18. The zero-order valence-corrected chi connectivity index (χ0v) is 10.6. The van der Waals surface area contributed by atoms with Gasteiger partial charge in [-0.1, -0.05) is 22.0 Å². The van der Waals surface area contributed by atoms with Crippen molar-refractivity contribution in [1.29, 1.82) is 0 Å². The van der Waals surface area contributed by atoms with Crippen LogP contribution >= 0.6 is 28.6 Å². The average Bonchev–Trinajstić information content (AvgIpc) is 2.19. The molecule has 0 spiro atoms. The van der Waals surface area contributed by atoms with Gasteiger partial charge in [0.15, 0.2) is 0 Å². The molecule has 76 valence electrons. The van der Waals surface area contributed by atoms with E-state index in [1.54, 1.807) is 11.9 Å². The smallest absolute Gasteiger partial charge is 0.236 e. The third-order valence-corrected chi connectivity index (χ3v) is 2.81. The Morgan fingerprint density at radius 1 is 1.57 bits per heavy atom. The Morgan fingerprint density at radius 2 is 2.21 bits per heavy atom. The molecule has 1 rings (SSSR count). The van der Waals surface area contributed by atoms with Gasteiger partial charge < -0.3 is 4.90 Å². The zero-order valence-electron chi connectivity index (χ0n) is 8.12. The van der Waals surface area contributed by atoms with Crippen LogP contribution in [0.2, 0.25) is 0 Å². The number of anilines is 1. The van der Waals surface area contributed by atoms with Gasteiger partial charge in [-0.2, -0.15) is 12.6 Å². The second kappa shape index (κ2) is 4.84. The SMILES string of the molecule is Cc1ccc(Br)cc1N(C)C(=O)CS. The van der Waals surface area contributed by atoms with E-state index in [2.05, 4.69) is 28.6 Å². The van der Waals surface area contributed by atoms with E-state index in [1.165, 1.54) is 0 Å². The highest BCUT2D eigenvalue weighted by Gasteiger charge is 2.11. The van der Waals surface area contributed by atoms with E-state index in [-0.39, 0.29) is 11.7 Å². The Bertz CT molecular complexity index is 354. The summed E-state index contributed by atoms with van der Waals surface area (Å²) in [4.78, 5) is 13.0. The summed E-state index contributed by atoms with van der Waals surface area (Å²) in [5.41, 5.74) is 1.99. The molecule has 0 atom stereocenters. The molecule has 0 heterocycles. The summed E-state index contributed by atoms with van der Waals surface area (Å²) in [6.07, 6.45) is 0. The highest BCUT2D eigenvalue weighted by molar-refractivity contribution is 9.10. The number of rotatable bonds is 2. The van der Waals surface area contributed by atoms with Crippen LogP contribution < -0.4 is 4.90 Å². The van der Waals surface area contributed by atoms with Gasteiger partial charge in [-0.15, -0.1) is 0 Å². The number of aryl methyl sites for hydroxylation is 1. The van der Waals surface area contributed by atoms with Crippen molar-refractivity contribution in [3.63, 3.8) is 0 Å². The third kappa shape index (κ3) is 2.51. The second-order valence-electron chi connectivity index (χ2n) is 3.04. The van der Waals surface area contributed by atoms with Gasteiger partial charge in [-0.25, -0.2) is 0 Å². The van der Waals surface area contributed by atoms with Crippen LogP contribution in [0.5, 0.6) is 0 Å². The third-order valence-electron chi connectivity index (χ3n) is 2.04. The summed E-state index contributed by atoms with van der Waals surface area (Å²) in [6.45, 7) is 1.98. The normalized spacial score (nSPS) is 10.0. The van der Waals surface area contributed by atoms with Crippen LogP contribution in [0.15, 0.2) is 22.7 Å². The lowest BCUT2D eigenvalue weighted by atomic mass is 10.2. The molecular formula is C10H12BrNOS. The van der Waals surface area contributed by atoms with Crippen LogP contribution in [0.25, 0.3) is 0 Å². The number of thiol groups is 1. The molecule has 14 heavy (non-hydrogen) atoms. The summed E-state index contributed by atoms with van der Waals surface area (Å²) < 4.78 is 0.969. The highest BCUT2D eigenvalue weighted by Crippen LogP contribution is 2.23. The maximum absolute atomic E-state index is 11.4. The Balaban J connectivity index is 3.05. The van der Waals surface area contributed by atoms with E-state index < -0.39 is 0 Å². The first-order valence-corrected chi connectivity index (χ1v) is 5.62. The lowest BCUT2D eigenvalue weighted by Crippen LogP contribution is -2.27. The van der Waals surface area contributed by atoms with Crippen LogP contribution in [0.4, 0.5) is 5.69 Å². The number of nitrogens with zero attached hydrogens (tertiary/aromatic N) is 1. The van der Waals surface area contributed by atoms with E-state index in [0.29, 0.717) is 0 Å². The van der Waals surface area contributed by atoms with Gasteiger partial charge in [-0.3, -0.25) is 4.79 Å². The van der Waals surface area contributed by atoms with Crippen molar-refractivity contribution in [1.82, 2.24) is 0 Å². The van der Waals surface area contributed by atoms with E-state index in [0.717, 1.165) is 15.7 Å². The predicted molar refractivity (Wildman–Crippen MR) is 66.1 cm³/mol. The molecule has 2 nitrogen and oxygen atoms in total. The molecule has 4 heteroatoms. The molecule has 1 aromatic rings. The monoisotopic (exact) mass is 273 g/mol. The van der Waals surface area contributed by atoms with Crippen LogP contribution in [0, 0.1) is 6.92 Å². The van der Waals surface area contributed by atoms with Crippen LogP contribution in [0.3, 0.4) is 0 Å². The van der Waals surface area contributed by atoms with Crippen molar-refractivity contribution in [3.05, 3.63) is 28.2 Å². The summed E-state index contributed by atoms with van der Waals surface area (Å²) in [5.74, 6) is 0.220. The number of carbonyl (C=O) groups excluding carboxylic acids is 1. The fourth-order valence-corrected chi connectivity index (χ4v) is 1.75. The van der Waals surface area contributed by atoms with Crippen molar-refractivity contribution in [2.24, 2.45) is 0 Å². The Hall–Kier alpha value is -0.480. The maximum atomic E-state index is 11.4. The van der Waals surface area contributed by atoms with E-state index in [9.17, 15) is 4.79 Å². The molecule has 0 aliphatic heterocycles. The fourth-order valence-electron chi connectivity index (χ4n) is 1.18. The van der Waals surface area contributed by atoms with Gasteiger partial charge >= 0.3 is 0 Å². The van der Waals surface area contributed by atoms with Crippen molar-refractivity contribution in [2.45, 2.75) is 6.92 Å². The largest absolute Gasteiger partial charge is 0.314 e. The van der Waals surface area contributed by atoms with Crippen molar-refractivity contribution in [3.8, 4) is 0 Å². The molecule has 0 fully saturated rings. The Morgan fingerprint density at radius 3 is 2.79 bits per heavy atom. The molecule has 0 saturated carbocycles. The number of benzene rings is 1. The first-order valence-electron chi connectivity index (χ1n) is 4.20. The van der Waals surface area contributed by atoms with Gasteiger partial charge in [0.05, 0.1) is 5.75 Å². The van der Waals surface area contributed by atoms with Crippen LogP contribution in [-0.2, 0) is 4.79 Å². The number of hydrogen-bond donors (Lipinski definition) is 1. The van der Waals surface area contributed by atoms with Crippen LogP contribution in [0.1, 0.15) is 5.56 Å². The van der Waals surface area contributed by atoms with E-state index in [1.807, 2.05) is 25.1 Å². The molecule has 1 amide bonds. The summed E-state index contributed by atoms with van der Waals surface area (Å²) >= 11 is 7.34. The molecule has 0 bridgehead atoms. The zero-order chi connectivity index (χ0) is 10.7. The number of halogens is 1. The van der Waals surface area contributed by atoms with Gasteiger partial charge in [-0.05, 0) is 24.6 Å². The number of hydrogen-bond acceptors (Lipinski definition) is 2. The standard InChI is InChI=1S/C10H12BrNOS/c1-7-3-4-8(11)5-9(7)12(2)10(13)6-14/h3-5,14H,6H2,1-2H3. The Labute approximate surface area is 97.8 Å². The van der Waals surface area contributed by atoms with Crippen LogP contribution in [-0.4, -0.2) is 18.7 Å². The van der Waals surface area contributed by atoms with E-state index >= 15 is 0 Å². The average molecular weight is 274 g/mol. The summed E-state index contributed by atoms with van der Waals surface area (Å²) in [6, 6.07) is 5.86. The van der Waals surface area contributed by atoms with Gasteiger partial charge in [0, 0.05) is 17.2 Å². The molecule has 1 aromatic carbocycles. The molecule has 0 N–H and O–H groups in total. The molecule has 0 saturated heterocycles. The quantitative estimate of drug-likeness (QED) is 0.822. The maximum Gasteiger partial charge on any atom is 0.236 e. The van der Waals surface area contributed by atoms with Crippen molar-refractivity contribution < 1.29 is 4.79 Å². The highest BCUT2D eigenvalue weighted by atomic mass is 79.9. The first-order chi connectivity index (χ1) is 6.56. The minimum atomic E-state index is -0.00506. The minimum Gasteiger partial charge on any atom is -0.314 e. The van der Waals surface area contributed by atoms with Crippen molar-refractivity contribution >= 4 is 40.2 Å². The van der Waals surface area contributed by atoms with Crippen molar-refractivity contribution in [2.75, 3.05) is 17.7 Å². The van der Waals surface area contributed by atoms with Gasteiger partial charge in [0.25, 0.3) is 0 Å². The molecule has 0 unspecified atom stereocenters. The fraction of sp³-hybridized carbons (Fsp3) is 0.300. The summed E-state index contributed by atoms with van der Waals surface area (Å²) in [5, 5.41) is 0. The summed E-state index contributed by atoms with van der Waals surface area (Å²) in [7, 11) is 1.76. The number of carbonyl (C=O) groups is 1. The minimum absolute atomic E-state index is 0.00506. The molecule has 0 aliphatic carbocycles. The second-order valence-corrected chi connectivity index (χ2v) is 4.27. The lowest BCUT2D eigenvalue weighted by molar-refractivity contribution is -0.115. The molecular weight excluding hydrogens is 262 g/mol. The predicted octanol–water partition coefficient (Wildman–Crippen LogP) is 2.65. The molecule has 0 radical (unpaired) electrons. The van der Waals surface area contributed by atoms with E-state index in [4.69, 9.17) is 0 Å². The Kier molecular flexibility index (Phi) is 4.01.